The van der Waals surface area contributed by atoms with Crippen molar-refractivity contribution < 1.29 is 8.42 Å². The van der Waals surface area contributed by atoms with Crippen LogP contribution in [-0.4, -0.2) is 57.2 Å². The van der Waals surface area contributed by atoms with Crippen LogP contribution < -0.4 is 0 Å². The first-order valence-electron chi connectivity index (χ1n) is 7.99. The molecule has 8 nitrogen and oxygen atoms in total. The lowest BCUT2D eigenvalue weighted by Crippen LogP contribution is -2.39. The maximum atomic E-state index is 12.5. The highest BCUT2D eigenvalue weighted by Crippen LogP contribution is 2.33. The van der Waals surface area contributed by atoms with Crippen LogP contribution in [0, 0.1) is 0 Å². The molecule has 0 spiro atoms. The highest BCUT2D eigenvalue weighted by atomic mass is 32.2. The lowest BCUT2D eigenvalue weighted by molar-refractivity contribution is 0.357. The largest absolute Gasteiger partial charge is 0.287 e. The van der Waals surface area contributed by atoms with Gasteiger partial charge in [-0.15, -0.1) is 0 Å². The van der Waals surface area contributed by atoms with Crippen molar-refractivity contribution in [2.24, 2.45) is 0 Å². The number of nitrogens with zero attached hydrogens (tertiary/aromatic N) is 6. The van der Waals surface area contributed by atoms with Gasteiger partial charge in [-0.25, -0.2) is 9.97 Å². The molecule has 130 valence electrons. The zero-order valence-electron chi connectivity index (χ0n) is 14.1. The van der Waals surface area contributed by atoms with E-state index in [4.69, 9.17) is 0 Å². The third-order valence-electron chi connectivity index (χ3n) is 4.22. The average Bonchev–Trinajstić information content (AvgIpc) is 3.24. The second-order valence-corrected chi connectivity index (χ2v) is 8.02. The Balaban J connectivity index is 1.97. The number of aromatic nitrogens is 4. The molecule has 0 saturated carbocycles. The second-order valence-electron chi connectivity index (χ2n) is 5.93. The quantitative estimate of drug-likeness (QED) is 0.808. The minimum atomic E-state index is -3.47. The van der Waals surface area contributed by atoms with E-state index >= 15 is 0 Å². The van der Waals surface area contributed by atoms with Gasteiger partial charge in [-0.05, 0) is 12.8 Å². The van der Waals surface area contributed by atoms with Crippen LogP contribution >= 0.6 is 0 Å². The predicted octanol–water partition coefficient (Wildman–Crippen LogP) is 1.17. The molecule has 3 rings (SSSR count). The van der Waals surface area contributed by atoms with Crippen LogP contribution in [0.1, 0.15) is 37.3 Å². The Morgan fingerprint density at radius 2 is 2.12 bits per heavy atom. The van der Waals surface area contributed by atoms with Crippen LogP contribution in [0.5, 0.6) is 0 Å². The summed E-state index contributed by atoms with van der Waals surface area (Å²) in [5, 5.41) is 0. The number of hydrogen-bond donors (Lipinski definition) is 0. The van der Waals surface area contributed by atoms with E-state index in [1.54, 1.807) is 32.7 Å². The Labute approximate surface area is 142 Å². The lowest BCUT2D eigenvalue weighted by Gasteiger charge is -2.26. The lowest BCUT2D eigenvalue weighted by atomic mass is 10.2. The SMILES string of the molecule is CCc1nccn1-c1cncc(C2CCCN2S(=O)(=O)N(C)C)n1. The predicted molar refractivity (Wildman–Crippen MR) is 89.8 cm³/mol. The van der Waals surface area contributed by atoms with Crippen LogP contribution in [0.3, 0.4) is 0 Å². The van der Waals surface area contributed by atoms with E-state index in [-0.39, 0.29) is 6.04 Å². The fraction of sp³-hybridized carbons (Fsp3) is 0.533. The van der Waals surface area contributed by atoms with Crippen molar-refractivity contribution in [2.45, 2.75) is 32.2 Å². The normalized spacial score (nSPS) is 19.2. The van der Waals surface area contributed by atoms with Crippen molar-refractivity contribution in [3.8, 4) is 5.82 Å². The van der Waals surface area contributed by atoms with Crippen LogP contribution in [0.15, 0.2) is 24.8 Å². The zero-order valence-corrected chi connectivity index (χ0v) is 14.9. The molecular formula is C15H22N6O2S. The smallest absolute Gasteiger partial charge is 0.282 e. The summed E-state index contributed by atoms with van der Waals surface area (Å²) in [4.78, 5) is 13.2. The van der Waals surface area contributed by atoms with Crippen LogP contribution in [-0.2, 0) is 16.6 Å². The van der Waals surface area contributed by atoms with E-state index < -0.39 is 10.2 Å². The summed E-state index contributed by atoms with van der Waals surface area (Å²) < 4.78 is 29.7. The van der Waals surface area contributed by atoms with E-state index in [2.05, 4.69) is 15.0 Å². The van der Waals surface area contributed by atoms with Gasteiger partial charge in [0.1, 0.15) is 5.82 Å². The molecule has 1 unspecified atom stereocenters. The highest BCUT2D eigenvalue weighted by Gasteiger charge is 2.37. The van der Waals surface area contributed by atoms with E-state index in [1.807, 2.05) is 17.7 Å². The first kappa shape index (κ1) is 17.0. The Bertz CT molecular complexity index is 817. The van der Waals surface area contributed by atoms with Crippen LogP contribution in [0.4, 0.5) is 0 Å². The summed E-state index contributed by atoms with van der Waals surface area (Å²) in [7, 11) is -0.379. The number of hydrogen-bond acceptors (Lipinski definition) is 5. The van der Waals surface area contributed by atoms with E-state index in [9.17, 15) is 8.42 Å². The van der Waals surface area contributed by atoms with Crippen LogP contribution in [0.2, 0.25) is 0 Å². The molecule has 0 amide bonds. The van der Waals surface area contributed by atoms with Gasteiger partial charge in [-0.3, -0.25) is 9.55 Å². The molecule has 1 saturated heterocycles. The van der Waals surface area contributed by atoms with Gasteiger partial charge in [0.15, 0.2) is 5.82 Å². The van der Waals surface area contributed by atoms with Gasteiger partial charge in [0.05, 0.1) is 24.1 Å². The molecule has 24 heavy (non-hydrogen) atoms. The zero-order chi connectivity index (χ0) is 17.3. The second kappa shape index (κ2) is 6.58. The van der Waals surface area contributed by atoms with E-state index in [1.165, 1.54) is 8.61 Å². The molecule has 0 N–H and O–H groups in total. The minimum Gasteiger partial charge on any atom is -0.287 e. The number of rotatable bonds is 5. The fourth-order valence-electron chi connectivity index (χ4n) is 2.97. The van der Waals surface area contributed by atoms with Gasteiger partial charge in [-0.2, -0.15) is 17.0 Å². The molecule has 0 radical (unpaired) electrons. The summed E-state index contributed by atoms with van der Waals surface area (Å²) in [6.45, 7) is 2.53. The average molecular weight is 350 g/mol. The summed E-state index contributed by atoms with van der Waals surface area (Å²) in [5.41, 5.74) is 0.672. The topological polar surface area (TPSA) is 84.2 Å². The van der Waals surface area contributed by atoms with E-state index in [0.29, 0.717) is 18.1 Å². The van der Waals surface area contributed by atoms with Gasteiger partial charge in [0.25, 0.3) is 10.2 Å². The Hall–Kier alpha value is -1.84. The molecule has 1 atom stereocenters. The first-order valence-corrected chi connectivity index (χ1v) is 9.38. The molecule has 2 aromatic rings. The third-order valence-corrected chi connectivity index (χ3v) is 6.18. The van der Waals surface area contributed by atoms with Crippen LogP contribution in [0.25, 0.3) is 5.82 Å². The molecule has 2 aromatic heterocycles. The van der Waals surface area contributed by atoms with Gasteiger partial charge < -0.3 is 0 Å². The summed E-state index contributed by atoms with van der Waals surface area (Å²) in [6.07, 6.45) is 9.24. The molecule has 9 heteroatoms. The summed E-state index contributed by atoms with van der Waals surface area (Å²) in [6, 6.07) is -0.279. The van der Waals surface area contributed by atoms with Crippen molar-refractivity contribution in [1.82, 2.24) is 28.1 Å². The maximum absolute atomic E-state index is 12.5. The first-order chi connectivity index (χ1) is 11.4. The Morgan fingerprint density at radius 3 is 2.83 bits per heavy atom. The fourth-order valence-corrected chi connectivity index (χ4v) is 4.29. The van der Waals surface area contributed by atoms with E-state index in [0.717, 1.165) is 25.1 Å². The summed E-state index contributed by atoms with van der Waals surface area (Å²) in [5.74, 6) is 1.56. The van der Waals surface area contributed by atoms with Gasteiger partial charge in [0.2, 0.25) is 0 Å². The van der Waals surface area contributed by atoms with Crippen molar-refractivity contribution in [1.29, 1.82) is 0 Å². The Kier molecular flexibility index (Phi) is 4.66. The third kappa shape index (κ3) is 2.94. The standard InChI is InChI=1S/C15H22N6O2S/c1-4-14-17-7-9-20(14)15-11-16-10-12(18-15)13-6-5-8-21(13)24(22,23)19(2)3/h7,9-11,13H,4-6,8H2,1-3H3. The molecular weight excluding hydrogens is 328 g/mol. The minimum absolute atomic E-state index is 0.279. The Morgan fingerprint density at radius 1 is 1.33 bits per heavy atom. The van der Waals surface area contributed by atoms with Gasteiger partial charge in [-0.1, -0.05) is 6.92 Å². The van der Waals surface area contributed by atoms with Crippen molar-refractivity contribution in [3.63, 3.8) is 0 Å². The van der Waals surface area contributed by atoms with Gasteiger partial charge in [0, 0.05) is 39.5 Å². The molecule has 1 aliphatic rings. The van der Waals surface area contributed by atoms with Gasteiger partial charge >= 0.3 is 0 Å². The maximum Gasteiger partial charge on any atom is 0.282 e. The van der Waals surface area contributed by atoms with Crippen molar-refractivity contribution in [2.75, 3.05) is 20.6 Å². The molecule has 3 heterocycles. The van der Waals surface area contributed by atoms with Crippen molar-refractivity contribution in [3.05, 3.63) is 36.3 Å². The number of aryl methyl sites for hydroxylation is 1. The number of imidazole rings is 1. The molecule has 0 aromatic carbocycles. The molecule has 0 bridgehead atoms. The molecule has 0 aliphatic carbocycles. The highest BCUT2D eigenvalue weighted by molar-refractivity contribution is 7.86. The molecule has 1 aliphatic heterocycles. The molecule has 1 fully saturated rings. The monoisotopic (exact) mass is 350 g/mol. The summed E-state index contributed by atoms with van der Waals surface area (Å²) >= 11 is 0. The van der Waals surface area contributed by atoms with Crippen molar-refractivity contribution >= 4 is 10.2 Å².